The topological polar surface area (TPSA) is 125 Å². The van der Waals surface area contributed by atoms with Crippen LogP contribution in [0.15, 0.2) is 76.0 Å². The highest BCUT2D eigenvalue weighted by Gasteiger charge is 2.14. The van der Waals surface area contributed by atoms with Crippen molar-refractivity contribution in [2.45, 2.75) is 0 Å². The third kappa shape index (κ3) is 4.57. The van der Waals surface area contributed by atoms with E-state index in [1.807, 2.05) is 18.2 Å². The van der Waals surface area contributed by atoms with Crippen LogP contribution in [0.2, 0.25) is 0 Å². The lowest BCUT2D eigenvalue weighted by molar-refractivity contribution is -0.134. The average molecular weight is 354 g/mol. The van der Waals surface area contributed by atoms with Crippen molar-refractivity contribution in [3.63, 3.8) is 0 Å². The van der Waals surface area contributed by atoms with Crippen molar-refractivity contribution < 1.29 is 29.3 Å². The minimum atomic E-state index is -1.26. The Morgan fingerprint density at radius 1 is 0.846 bits per heavy atom. The van der Waals surface area contributed by atoms with Gasteiger partial charge < -0.3 is 19.7 Å². The second-order valence-electron chi connectivity index (χ2n) is 4.98. The van der Waals surface area contributed by atoms with E-state index in [1.165, 1.54) is 0 Å². The lowest BCUT2D eigenvalue weighted by Gasteiger charge is -2.05. The third-order valence-electron chi connectivity index (χ3n) is 3.18. The first-order valence-electron chi connectivity index (χ1n) is 7.34. The van der Waals surface area contributed by atoms with Gasteiger partial charge in [0.05, 0.1) is 5.39 Å². The van der Waals surface area contributed by atoms with Crippen LogP contribution in [-0.4, -0.2) is 27.3 Å². The molecule has 0 saturated carbocycles. The van der Waals surface area contributed by atoms with Gasteiger partial charge in [-0.25, -0.2) is 9.59 Å². The number of para-hydroxylation sites is 1. The van der Waals surface area contributed by atoms with Crippen LogP contribution in [0.4, 0.5) is 0 Å². The standard InChI is InChI=1S/C15H10O3.C4H4O4/c16-13-11-8-4-5-9-12(11)18-15(14(13)17)10-6-2-1-3-7-10;5-3(6)1-2-4(7)8/h1-9,17H;1-2H,(H,5,6)(H,7,8)/b;2-1-. The molecule has 1 aromatic heterocycles. The first-order chi connectivity index (χ1) is 12.4. The highest BCUT2D eigenvalue weighted by atomic mass is 16.4. The minimum Gasteiger partial charge on any atom is -0.502 e. The summed E-state index contributed by atoms with van der Waals surface area (Å²) in [5.41, 5.74) is 0.743. The van der Waals surface area contributed by atoms with Crippen molar-refractivity contribution in [1.82, 2.24) is 0 Å². The Morgan fingerprint density at radius 3 is 1.96 bits per heavy atom. The number of carboxylic acids is 2. The first-order valence-corrected chi connectivity index (χ1v) is 7.34. The quantitative estimate of drug-likeness (QED) is 0.618. The van der Waals surface area contributed by atoms with E-state index in [9.17, 15) is 19.5 Å². The van der Waals surface area contributed by atoms with Crippen LogP contribution in [-0.2, 0) is 9.59 Å². The summed E-state index contributed by atoms with van der Waals surface area (Å²) < 4.78 is 5.61. The molecular formula is C19H14O7. The third-order valence-corrected chi connectivity index (χ3v) is 3.18. The molecule has 3 rings (SSSR count). The molecule has 0 aliphatic heterocycles. The molecule has 132 valence electrons. The van der Waals surface area contributed by atoms with Gasteiger partial charge in [0.25, 0.3) is 0 Å². The van der Waals surface area contributed by atoms with Gasteiger partial charge in [-0.15, -0.1) is 0 Å². The van der Waals surface area contributed by atoms with E-state index in [2.05, 4.69) is 0 Å². The van der Waals surface area contributed by atoms with E-state index in [4.69, 9.17) is 14.6 Å². The van der Waals surface area contributed by atoms with E-state index >= 15 is 0 Å². The van der Waals surface area contributed by atoms with Crippen molar-refractivity contribution in [2.24, 2.45) is 0 Å². The molecule has 0 amide bonds. The SMILES string of the molecule is O=C(O)/C=C\C(=O)O.O=c1c(O)c(-c2ccccc2)oc2ccccc12. The van der Waals surface area contributed by atoms with Gasteiger partial charge in [0.1, 0.15) is 5.58 Å². The van der Waals surface area contributed by atoms with Crippen LogP contribution >= 0.6 is 0 Å². The van der Waals surface area contributed by atoms with Gasteiger partial charge in [-0.2, -0.15) is 0 Å². The zero-order valence-corrected chi connectivity index (χ0v) is 13.3. The molecule has 0 aliphatic carbocycles. The van der Waals surface area contributed by atoms with Gasteiger partial charge in [-0.05, 0) is 12.1 Å². The summed E-state index contributed by atoms with van der Waals surface area (Å²) in [6.07, 6.45) is 1.12. The average Bonchev–Trinajstić information content (AvgIpc) is 2.64. The molecule has 7 nitrogen and oxygen atoms in total. The molecule has 0 spiro atoms. The normalized spacial score (nSPS) is 10.3. The number of aromatic hydroxyl groups is 1. The number of hydrogen-bond acceptors (Lipinski definition) is 5. The lowest BCUT2D eigenvalue weighted by atomic mass is 10.1. The zero-order valence-electron chi connectivity index (χ0n) is 13.3. The largest absolute Gasteiger partial charge is 0.502 e. The molecule has 0 saturated heterocycles. The molecule has 0 radical (unpaired) electrons. The molecule has 26 heavy (non-hydrogen) atoms. The Balaban J connectivity index is 0.000000260. The highest BCUT2D eigenvalue weighted by Crippen LogP contribution is 2.29. The molecule has 0 bridgehead atoms. The Kier molecular flexibility index (Phi) is 5.89. The molecular weight excluding hydrogens is 340 g/mol. The molecule has 2 aromatic carbocycles. The first kappa shape index (κ1) is 18.5. The molecule has 0 unspecified atom stereocenters. The maximum absolute atomic E-state index is 12.0. The van der Waals surface area contributed by atoms with Gasteiger partial charge in [-0.3, -0.25) is 4.79 Å². The maximum Gasteiger partial charge on any atom is 0.328 e. The van der Waals surface area contributed by atoms with Gasteiger partial charge in [0.2, 0.25) is 11.2 Å². The second kappa shape index (κ2) is 8.29. The van der Waals surface area contributed by atoms with E-state index < -0.39 is 17.4 Å². The van der Waals surface area contributed by atoms with Crippen molar-refractivity contribution in [2.75, 3.05) is 0 Å². The van der Waals surface area contributed by atoms with Gasteiger partial charge in [-0.1, -0.05) is 42.5 Å². The Bertz CT molecular complexity index is 1000. The summed E-state index contributed by atoms with van der Waals surface area (Å²) >= 11 is 0. The van der Waals surface area contributed by atoms with Crippen LogP contribution in [0.3, 0.4) is 0 Å². The number of carbonyl (C=O) groups is 2. The van der Waals surface area contributed by atoms with Crippen molar-refractivity contribution >= 4 is 22.9 Å². The van der Waals surface area contributed by atoms with E-state index in [-0.39, 0.29) is 11.5 Å². The van der Waals surface area contributed by atoms with Gasteiger partial charge in [0.15, 0.2) is 5.76 Å². The number of rotatable bonds is 3. The van der Waals surface area contributed by atoms with Crippen LogP contribution in [0.5, 0.6) is 5.75 Å². The number of fused-ring (bicyclic) bond motifs is 1. The van der Waals surface area contributed by atoms with Crippen molar-refractivity contribution in [3.8, 4) is 17.1 Å². The number of hydrogen-bond donors (Lipinski definition) is 3. The monoisotopic (exact) mass is 354 g/mol. The predicted molar refractivity (Wildman–Crippen MR) is 94.0 cm³/mol. The Hall–Kier alpha value is -3.87. The smallest absolute Gasteiger partial charge is 0.328 e. The summed E-state index contributed by atoms with van der Waals surface area (Å²) in [4.78, 5) is 31.1. The molecule has 3 aromatic rings. The number of benzene rings is 2. The lowest BCUT2D eigenvalue weighted by Crippen LogP contribution is -2.02. The fourth-order valence-corrected chi connectivity index (χ4v) is 2.06. The van der Waals surface area contributed by atoms with E-state index in [0.717, 1.165) is 0 Å². The summed E-state index contributed by atoms with van der Waals surface area (Å²) in [5.74, 6) is -2.65. The van der Waals surface area contributed by atoms with Crippen molar-refractivity contribution in [3.05, 3.63) is 77.0 Å². The Labute approximate surface area is 147 Å². The van der Waals surface area contributed by atoms with E-state index in [1.54, 1.807) is 36.4 Å². The maximum atomic E-state index is 12.0. The molecule has 7 heteroatoms. The van der Waals surface area contributed by atoms with Crippen LogP contribution in [0.25, 0.3) is 22.3 Å². The van der Waals surface area contributed by atoms with Crippen LogP contribution < -0.4 is 5.43 Å². The zero-order chi connectivity index (χ0) is 19.1. The fourth-order valence-electron chi connectivity index (χ4n) is 2.06. The molecule has 3 N–H and O–H groups in total. The Morgan fingerprint density at radius 2 is 1.38 bits per heavy atom. The number of aliphatic carboxylic acids is 2. The molecule has 1 heterocycles. The second-order valence-corrected chi connectivity index (χ2v) is 4.98. The van der Waals surface area contributed by atoms with Gasteiger partial charge >= 0.3 is 11.9 Å². The predicted octanol–water partition coefficient (Wildman–Crippen LogP) is 2.88. The minimum absolute atomic E-state index is 0.208. The van der Waals surface area contributed by atoms with Gasteiger partial charge in [0, 0.05) is 17.7 Å². The molecule has 0 atom stereocenters. The summed E-state index contributed by atoms with van der Waals surface area (Å²) in [5, 5.41) is 26.0. The highest BCUT2D eigenvalue weighted by molar-refractivity contribution is 5.89. The van der Waals surface area contributed by atoms with E-state index in [0.29, 0.717) is 28.7 Å². The molecule has 0 aliphatic rings. The summed E-state index contributed by atoms with van der Waals surface area (Å²) in [6, 6.07) is 15.9. The molecule has 0 fully saturated rings. The number of carboxylic acid groups (broad SMARTS) is 2. The van der Waals surface area contributed by atoms with Crippen LogP contribution in [0, 0.1) is 0 Å². The van der Waals surface area contributed by atoms with Crippen molar-refractivity contribution in [1.29, 1.82) is 0 Å². The summed E-state index contributed by atoms with van der Waals surface area (Å²) in [6.45, 7) is 0. The fraction of sp³-hybridized carbons (Fsp3) is 0. The summed E-state index contributed by atoms with van der Waals surface area (Å²) in [7, 11) is 0. The van der Waals surface area contributed by atoms with Crippen LogP contribution in [0.1, 0.15) is 0 Å².